The van der Waals surface area contributed by atoms with Gasteiger partial charge in [-0.3, -0.25) is 9.97 Å². The van der Waals surface area contributed by atoms with Crippen LogP contribution in [-0.2, 0) is 4.74 Å². The lowest BCUT2D eigenvalue weighted by atomic mass is 9.98. The molecule has 0 radical (unpaired) electrons. The van der Waals surface area contributed by atoms with E-state index in [1.165, 1.54) is 19.4 Å². The van der Waals surface area contributed by atoms with E-state index in [0.29, 0.717) is 16.3 Å². The molecule has 0 N–H and O–H groups in total. The molecule has 3 aromatic rings. The lowest BCUT2D eigenvalue weighted by Gasteiger charge is -2.11. The van der Waals surface area contributed by atoms with Gasteiger partial charge in [-0.1, -0.05) is 18.7 Å². The molecule has 0 fully saturated rings. The summed E-state index contributed by atoms with van der Waals surface area (Å²) in [5, 5.41) is 1.08. The number of benzene rings is 1. The number of fused-ring (bicyclic) bond motifs is 1. The van der Waals surface area contributed by atoms with Crippen molar-refractivity contribution in [1.82, 2.24) is 9.97 Å². The van der Waals surface area contributed by atoms with E-state index in [1.54, 1.807) is 18.2 Å². The smallest absolute Gasteiger partial charge is 0.337 e. The van der Waals surface area contributed by atoms with Crippen LogP contribution in [0.1, 0.15) is 15.9 Å². The Kier molecular flexibility index (Phi) is 4.04. The fourth-order valence-corrected chi connectivity index (χ4v) is 2.51. The highest BCUT2D eigenvalue weighted by atomic mass is 19.1. The third-order valence-corrected chi connectivity index (χ3v) is 3.65. The van der Waals surface area contributed by atoms with Crippen LogP contribution in [0.2, 0.25) is 0 Å². The van der Waals surface area contributed by atoms with Gasteiger partial charge in [-0.15, -0.1) is 0 Å². The zero-order chi connectivity index (χ0) is 17.3. The first-order chi connectivity index (χ1) is 11.6. The molecule has 2 heterocycles. The van der Waals surface area contributed by atoms with Gasteiger partial charge in [0.25, 0.3) is 0 Å². The Morgan fingerprint density at radius 3 is 2.50 bits per heavy atom. The highest BCUT2D eigenvalue weighted by Gasteiger charge is 2.18. The summed E-state index contributed by atoms with van der Waals surface area (Å²) in [5.41, 5.74) is 0.718. The van der Waals surface area contributed by atoms with Gasteiger partial charge in [-0.2, -0.15) is 0 Å². The summed E-state index contributed by atoms with van der Waals surface area (Å²) < 4.78 is 32.9. The minimum Gasteiger partial charge on any atom is -0.465 e. The number of pyridine rings is 2. The van der Waals surface area contributed by atoms with Crippen LogP contribution in [0.25, 0.3) is 28.1 Å². The minimum absolute atomic E-state index is 0.0822. The number of nitrogens with zero attached hydrogens (tertiary/aromatic N) is 2. The predicted molar refractivity (Wildman–Crippen MR) is 86.3 cm³/mol. The predicted octanol–water partition coefficient (Wildman–Crippen LogP) is 4.00. The van der Waals surface area contributed by atoms with E-state index in [9.17, 15) is 13.6 Å². The molecule has 0 amide bonds. The van der Waals surface area contributed by atoms with Crippen molar-refractivity contribution in [3.8, 4) is 11.3 Å². The van der Waals surface area contributed by atoms with Gasteiger partial charge >= 0.3 is 5.97 Å². The molecule has 0 aliphatic rings. The van der Waals surface area contributed by atoms with Crippen molar-refractivity contribution in [3.63, 3.8) is 0 Å². The van der Waals surface area contributed by atoms with Gasteiger partial charge in [0, 0.05) is 17.1 Å². The molecule has 0 aliphatic carbocycles. The maximum atomic E-state index is 14.1. The maximum Gasteiger partial charge on any atom is 0.337 e. The Bertz CT molecular complexity index is 950. The van der Waals surface area contributed by atoms with Crippen LogP contribution in [0.15, 0.2) is 43.4 Å². The Morgan fingerprint density at radius 2 is 1.88 bits per heavy atom. The van der Waals surface area contributed by atoms with Gasteiger partial charge in [0.2, 0.25) is 0 Å². The number of ether oxygens (including phenoxy) is 1. The highest BCUT2D eigenvalue weighted by Crippen LogP contribution is 2.32. The van der Waals surface area contributed by atoms with Gasteiger partial charge in [0.1, 0.15) is 0 Å². The molecular formula is C18H12F2N2O2. The molecule has 120 valence electrons. The summed E-state index contributed by atoms with van der Waals surface area (Å²) in [6, 6.07) is 4.74. The molecule has 2 aromatic heterocycles. The van der Waals surface area contributed by atoms with Crippen molar-refractivity contribution in [2.24, 2.45) is 0 Å². The van der Waals surface area contributed by atoms with Crippen LogP contribution in [0.5, 0.6) is 0 Å². The van der Waals surface area contributed by atoms with Crippen molar-refractivity contribution in [1.29, 1.82) is 0 Å². The first kappa shape index (κ1) is 15.7. The van der Waals surface area contributed by atoms with Gasteiger partial charge in [-0.05, 0) is 17.5 Å². The molecule has 0 unspecified atom stereocenters. The maximum absolute atomic E-state index is 14.1. The lowest BCUT2D eigenvalue weighted by Crippen LogP contribution is -2.02. The molecule has 4 nitrogen and oxygen atoms in total. The second kappa shape index (κ2) is 6.16. The third-order valence-electron chi connectivity index (χ3n) is 3.65. The second-order valence-corrected chi connectivity index (χ2v) is 5.00. The summed E-state index contributed by atoms with van der Waals surface area (Å²) in [7, 11) is 1.26. The number of carbonyl (C=O) groups excluding carboxylic acids is 1. The number of methoxy groups -OCH3 is 1. The monoisotopic (exact) mass is 326 g/mol. The third kappa shape index (κ3) is 2.52. The van der Waals surface area contributed by atoms with E-state index in [4.69, 9.17) is 4.74 Å². The number of carbonyl (C=O) groups is 1. The quantitative estimate of drug-likeness (QED) is 0.683. The van der Waals surface area contributed by atoms with Gasteiger partial charge in [-0.25, -0.2) is 13.6 Å². The Hall–Kier alpha value is -3.15. The SMILES string of the molecule is C=Cc1cnc(-c2c(F)cncc2F)c2cc(C(=O)OC)ccc12. The van der Waals surface area contributed by atoms with Crippen LogP contribution >= 0.6 is 0 Å². The average molecular weight is 326 g/mol. The van der Waals surface area contributed by atoms with E-state index in [0.717, 1.165) is 12.4 Å². The standard InChI is InChI=1S/C18H12F2N2O2/c1-3-10-7-22-17(16-14(19)8-21-9-15(16)20)13-6-11(18(23)24-2)4-5-12(10)13/h3-9H,1H2,2H3. The molecular weight excluding hydrogens is 314 g/mol. The molecule has 0 atom stereocenters. The summed E-state index contributed by atoms with van der Waals surface area (Å²) in [6.07, 6.45) is 4.88. The summed E-state index contributed by atoms with van der Waals surface area (Å²) in [6.45, 7) is 3.70. The van der Waals surface area contributed by atoms with Crippen LogP contribution < -0.4 is 0 Å². The molecule has 6 heteroatoms. The van der Waals surface area contributed by atoms with Crippen molar-refractivity contribution in [2.75, 3.05) is 7.11 Å². The first-order valence-corrected chi connectivity index (χ1v) is 6.99. The largest absolute Gasteiger partial charge is 0.465 e. The van der Waals surface area contributed by atoms with Gasteiger partial charge in [0.15, 0.2) is 11.6 Å². The van der Waals surface area contributed by atoms with E-state index in [1.807, 2.05) is 0 Å². The Labute approximate surface area is 136 Å². The number of hydrogen-bond donors (Lipinski definition) is 0. The van der Waals surface area contributed by atoms with Crippen molar-refractivity contribution in [3.05, 3.63) is 66.1 Å². The molecule has 0 saturated heterocycles. The normalized spacial score (nSPS) is 10.6. The Balaban J connectivity index is 2.39. The molecule has 0 aliphatic heterocycles. The fourth-order valence-electron chi connectivity index (χ4n) is 2.51. The van der Waals surface area contributed by atoms with Crippen molar-refractivity contribution < 1.29 is 18.3 Å². The number of rotatable bonds is 3. The number of esters is 1. The number of hydrogen-bond acceptors (Lipinski definition) is 4. The van der Waals surface area contributed by atoms with E-state index < -0.39 is 17.6 Å². The topological polar surface area (TPSA) is 52.1 Å². The molecule has 0 saturated carbocycles. The fraction of sp³-hybridized carbons (Fsp3) is 0.0556. The van der Waals surface area contributed by atoms with Crippen LogP contribution in [0, 0.1) is 11.6 Å². The Morgan fingerprint density at radius 1 is 1.17 bits per heavy atom. The van der Waals surface area contributed by atoms with Crippen molar-refractivity contribution >= 4 is 22.8 Å². The minimum atomic E-state index is -0.835. The second-order valence-electron chi connectivity index (χ2n) is 5.00. The number of halogens is 2. The molecule has 1 aromatic carbocycles. The molecule has 24 heavy (non-hydrogen) atoms. The first-order valence-electron chi connectivity index (χ1n) is 6.99. The zero-order valence-electron chi connectivity index (χ0n) is 12.7. The summed E-state index contributed by atoms with van der Waals surface area (Å²) in [4.78, 5) is 19.4. The lowest BCUT2D eigenvalue weighted by molar-refractivity contribution is 0.0601. The summed E-state index contributed by atoms with van der Waals surface area (Å²) in [5.74, 6) is -2.22. The molecule has 0 bridgehead atoms. The van der Waals surface area contributed by atoms with Crippen LogP contribution in [0.3, 0.4) is 0 Å². The van der Waals surface area contributed by atoms with Crippen LogP contribution in [0.4, 0.5) is 8.78 Å². The van der Waals surface area contributed by atoms with E-state index in [-0.39, 0.29) is 16.8 Å². The van der Waals surface area contributed by atoms with E-state index in [2.05, 4.69) is 16.5 Å². The molecule has 0 spiro atoms. The highest BCUT2D eigenvalue weighted by molar-refractivity contribution is 6.03. The van der Waals surface area contributed by atoms with Crippen LogP contribution in [-0.4, -0.2) is 23.0 Å². The molecule has 3 rings (SSSR count). The average Bonchev–Trinajstić information content (AvgIpc) is 2.60. The zero-order valence-corrected chi connectivity index (χ0v) is 12.7. The number of aromatic nitrogens is 2. The van der Waals surface area contributed by atoms with E-state index >= 15 is 0 Å². The summed E-state index contributed by atoms with van der Waals surface area (Å²) >= 11 is 0. The van der Waals surface area contributed by atoms with Gasteiger partial charge in [0.05, 0.1) is 36.3 Å². The van der Waals surface area contributed by atoms with Crippen molar-refractivity contribution in [2.45, 2.75) is 0 Å². The van der Waals surface area contributed by atoms with Gasteiger partial charge < -0.3 is 4.74 Å².